The standard InChI is InChI=1S/C14H10ClNO4/c15-9-3-6-12(11(7-9)14(19)20)16-13(18)8-1-4-10(17)5-2-8/h1-7,17H,(H,16,18)(H,19,20). The maximum atomic E-state index is 12.0. The molecular formula is C14H10ClNO4. The Morgan fingerprint density at radius 1 is 1.05 bits per heavy atom. The number of halogens is 1. The predicted octanol–water partition coefficient (Wildman–Crippen LogP) is 3.00. The largest absolute Gasteiger partial charge is 0.508 e. The Bertz CT molecular complexity index is 667. The Balaban J connectivity index is 2.28. The highest BCUT2D eigenvalue weighted by Gasteiger charge is 2.14. The summed E-state index contributed by atoms with van der Waals surface area (Å²) >= 11 is 5.73. The lowest BCUT2D eigenvalue weighted by atomic mass is 10.1. The van der Waals surface area contributed by atoms with Crippen LogP contribution in [0.5, 0.6) is 5.75 Å². The molecule has 0 saturated carbocycles. The van der Waals surface area contributed by atoms with E-state index in [-0.39, 0.29) is 22.0 Å². The molecule has 2 rings (SSSR count). The molecule has 0 aliphatic carbocycles. The number of hydrogen-bond acceptors (Lipinski definition) is 3. The van der Waals surface area contributed by atoms with Crippen LogP contribution in [0.1, 0.15) is 20.7 Å². The van der Waals surface area contributed by atoms with Crippen molar-refractivity contribution in [2.45, 2.75) is 0 Å². The normalized spacial score (nSPS) is 10.1. The molecular weight excluding hydrogens is 282 g/mol. The number of benzene rings is 2. The summed E-state index contributed by atoms with van der Waals surface area (Å²) in [5.74, 6) is -1.62. The molecule has 5 nitrogen and oxygen atoms in total. The van der Waals surface area contributed by atoms with Gasteiger partial charge in [-0.05, 0) is 42.5 Å². The monoisotopic (exact) mass is 291 g/mol. The van der Waals surface area contributed by atoms with Crippen LogP contribution in [0.4, 0.5) is 5.69 Å². The summed E-state index contributed by atoms with van der Waals surface area (Å²) in [6.07, 6.45) is 0. The second-order valence-corrected chi connectivity index (χ2v) is 4.43. The van der Waals surface area contributed by atoms with Crippen LogP contribution < -0.4 is 5.32 Å². The van der Waals surface area contributed by atoms with Crippen LogP contribution in [0, 0.1) is 0 Å². The van der Waals surface area contributed by atoms with E-state index in [1.165, 1.54) is 42.5 Å². The summed E-state index contributed by atoms with van der Waals surface area (Å²) in [6.45, 7) is 0. The van der Waals surface area contributed by atoms with Gasteiger partial charge in [0.05, 0.1) is 11.3 Å². The highest BCUT2D eigenvalue weighted by atomic mass is 35.5. The van der Waals surface area contributed by atoms with Crippen LogP contribution in [-0.4, -0.2) is 22.1 Å². The number of rotatable bonds is 3. The van der Waals surface area contributed by atoms with Crippen molar-refractivity contribution >= 4 is 29.2 Å². The van der Waals surface area contributed by atoms with Gasteiger partial charge in [-0.1, -0.05) is 11.6 Å². The van der Waals surface area contributed by atoms with E-state index in [2.05, 4.69) is 5.32 Å². The van der Waals surface area contributed by atoms with Crippen LogP contribution in [0.2, 0.25) is 5.02 Å². The van der Waals surface area contributed by atoms with E-state index in [1.54, 1.807) is 0 Å². The lowest BCUT2D eigenvalue weighted by Crippen LogP contribution is -2.14. The topological polar surface area (TPSA) is 86.6 Å². The Hall–Kier alpha value is -2.53. The lowest BCUT2D eigenvalue weighted by molar-refractivity contribution is 0.0698. The number of amides is 1. The highest BCUT2D eigenvalue weighted by Crippen LogP contribution is 2.21. The maximum Gasteiger partial charge on any atom is 0.337 e. The van der Waals surface area contributed by atoms with Crippen LogP contribution >= 0.6 is 11.6 Å². The van der Waals surface area contributed by atoms with Gasteiger partial charge in [-0.2, -0.15) is 0 Å². The van der Waals surface area contributed by atoms with Crippen molar-refractivity contribution in [3.8, 4) is 5.75 Å². The van der Waals surface area contributed by atoms with Gasteiger partial charge in [0.1, 0.15) is 5.75 Å². The molecule has 2 aromatic rings. The van der Waals surface area contributed by atoms with Crippen molar-refractivity contribution in [1.29, 1.82) is 0 Å². The smallest absolute Gasteiger partial charge is 0.337 e. The minimum atomic E-state index is -1.19. The summed E-state index contributed by atoms with van der Waals surface area (Å²) in [6, 6.07) is 9.77. The lowest BCUT2D eigenvalue weighted by Gasteiger charge is -2.09. The van der Waals surface area contributed by atoms with Gasteiger partial charge >= 0.3 is 5.97 Å². The van der Waals surface area contributed by atoms with E-state index >= 15 is 0 Å². The van der Waals surface area contributed by atoms with Gasteiger partial charge < -0.3 is 15.5 Å². The number of aromatic carboxylic acids is 1. The van der Waals surface area contributed by atoms with E-state index in [4.69, 9.17) is 21.8 Å². The van der Waals surface area contributed by atoms with Gasteiger partial charge in [-0.25, -0.2) is 4.79 Å². The Morgan fingerprint density at radius 2 is 1.70 bits per heavy atom. The summed E-state index contributed by atoms with van der Waals surface area (Å²) in [7, 11) is 0. The molecule has 2 aromatic carbocycles. The van der Waals surface area contributed by atoms with E-state index in [1.807, 2.05) is 0 Å². The quantitative estimate of drug-likeness (QED) is 0.811. The number of aromatic hydroxyl groups is 1. The zero-order valence-corrected chi connectivity index (χ0v) is 10.9. The second kappa shape index (κ2) is 5.63. The summed E-state index contributed by atoms with van der Waals surface area (Å²) in [5.41, 5.74) is 0.360. The van der Waals surface area contributed by atoms with Crippen molar-refractivity contribution in [1.82, 2.24) is 0 Å². The first kappa shape index (κ1) is 13.9. The second-order valence-electron chi connectivity index (χ2n) is 4.00. The Kier molecular flexibility index (Phi) is 3.91. The zero-order valence-electron chi connectivity index (χ0n) is 10.1. The summed E-state index contributed by atoms with van der Waals surface area (Å²) in [4.78, 5) is 23.1. The fourth-order valence-electron chi connectivity index (χ4n) is 1.61. The number of phenols is 1. The molecule has 0 aliphatic heterocycles. The molecule has 0 saturated heterocycles. The molecule has 3 N–H and O–H groups in total. The van der Waals surface area contributed by atoms with E-state index in [9.17, 15) is 9.59 Å². The van der Waals surface area contributed by atoms with Gasteiger partial charge in [0.25, 0.3) is 5.91 Å². The molecule has 0 fully saturated rings. The number of nitrogens with one attached hydrogen (secondary N) is 1. The first-order chi connectivity index (χ1) is 9.47. The van der Waals surface area contributed by atoms with Crippen molar-refractivity contribution in [2.24, 2.45) is 0 Å². The molecule has 0 atom stereocenters. The fraction of sp³-hybridized carbons (Fsp3) is 0. The van der Waals surface area contributed by atoms with E-state index in [0.29, 0.717) is 5.56 Å². The molecule has 1 amide bonds. The number of carboxylic acids is 1. The summed E-state index contributed by atoms with van der Waals surface area (Å²) in [5, 5.41) is 21.0. The number of carbonyl (C=O) groups is 2. The number of carbonyl (C=O) groups excluding carboxylic acids is 1. The van der Waals surface area contributed by atoms with Gasteiger partial charge in [0, 0.05) is 10.6 Å². The third-order valence-electron chi connectivity index (χ3n) is 2.59. The summed E-state index contributed by atoms with van der Waals surface area (Å²) < 4.78 is 0. The number of phenolic OH excluding ortho intramolecular Hbond substituents is 1. The van der Waals surface area contributed by atoms with Crippen molar-refractivity contribution in [3.63, 3.8) is 0 Å². The third-order valence-corrected chi connectivity index (χ3v) is 2.82. The van der Waals surface area contributed by atoms with Gasteiger partial charge in [0.2, 0.25) is 0 Å². The van der Waals surface area contributed by atoms with Crippen molar-refractivity contribution in [3.05, 3.63) is 58.6 Å². The highest BCUT2D eigenvalue weighted by molar-refractivity contribution is 6.31. The molecule has 0 radical (unpaired) electrons. The average Bonchev–Trinajstić information content (AvgIpc) is 2.41. The zero-order chi connectivity index (χ0) is 14.7. The molecule has 6 heteroatoms. The molecule has 0 unspecified atom stereocenters. The first-order valence-electron chi connectivity index (χ1n) is 5.60. The van der Waals surface area contributed by atoms with E-state index in [0.717, 1.165) is 0 Å². The molecule has 0 aromatic heterocycles. The minimum absolute atomic E-state index is 0.0410. The Labute approximate surface area is 119 Å². The fourth-order valence-corrected chi connectivity index (χ4v) is 1.78. The van der Waals surface area contributed by atoms with Gasteiger partial charge in [-0.15, -0.1) is 0 Å². The SMILES string of the molecule is O=C(Nc1ccc(Cl)cc1C(=O)O)c1ccc(O)cc1. The molecule has 0 heterocycles. The van der Waals surface area contributed by atoms with Crippen LogP contribution in [0.15, 0.2) is 42.5 Å². The predicted molar refractivity (Wildman–Crippen MR) is 74.5 cm³/mol. The van der Waals surface area contributed by atoms with Gasteiger partial charge in [-0.3, -0.25) is 4.79 Å². The maximum absolute atomic E-state index is 12.0. The molecule has 20 heavy (non-hydrogen) atoms. The molecule has 102 valence electrons. The molecule has 0 spiro atoms. The van der Waals surface area contributed by atoms with Gasteiger partial charge in [0.15, 0.2) is 0 Å². The molecule has 0 aliphatic rings. The Morgan fingerprint density at radius 3 is 2.30 bits per heavy atom. The third kappa shape index (κ3) is 3.07. The molecule has 0 bridgehead atoms. The van der Waals surface area contributed by atoms with Crippen LogP contribution in [0.3, 0.4) is 0 Å². The first-order valence-corrected chi connectivity index (χ1v) is 5.98. The van der Waals surface area contributed by atoms with Crippen molar-refractivity contribution in [2.75, 3.05) is 5.32 Å². The van der Waals surface area contributed by atoms with Crippen molar-refractivity contribution < 1.29 is 19.8 Å². The number of carboxylic acid groups (broad SMARTS) is 1. The number of anilines is 1. The minimum Gasteiger partial charge on any atom is -0.508 e. The van der Waals surface area contributed by atoms with Crippen LogP contribution in [-0.2, 0) is 0 Å². The van der Waals surface area contributed by atoms with Crippen LogP contribution in [0.25, 0.3) is 0 Å². The average molecular weight is 292 g/mol. The number of hydrogen-bond donors (Lipinski definition) is 3. The van der Waals surface area contributed by atoms with E-state index < -0.39 is 11.9 Å².